The molecule has 2 aromatic rings. The van der Waals surface area contributed by atoms with Crippen molar-refractivity contribution >= 4 is 17.7 Å². The van der Waals surface area contributed by atoms with Crippen LogP contribution in [0.1, 0.15) is 29.2 Å². The molecule has 0 aliphatic heterocycles. The molecule has 0 aliphatic carbocycles. The second-order valence-electron chi connectivity index (χ2n) is 5.65. The molecule has 3 N–H and O–H groups in total. The van der Waals surface area contributed by atoms with Crippen molar-refractivity contribution in [2.75, 3.05) is 12.8 Å². The van der Waals surface area contributed by atoms with Gasteiger partial charge in [0.05, 0.1) is 19.6 Å². The Balaban J connectivity index is 2.08. The number of carbonyl (C=O) groups excluding carboxylic acids is 2. The van der Waals surface area contributed by atoms with Crippen molar-refractivity contribution in [1.29, 1.82) is 0 Å². The van der Waals surface area contributed by atoms with E-state index < -0.39 is 18.1 Å². The molecule has 25 heavy (non-hydrogen) atoms. The molecule has 6 nitrogen and oxygen atoms in total. The number of carbonyl (C=O) groups is 2. The van der Waals surface area contributed by atoms with Crippen molar-refractivity contribution in [2.45, 2.75) is 26.0 Å². The summed E-state index contributed by atoms with van der Waals surface area (Å²) in [6.07, 6.45) is -0.624. The highest BCUT2D eigenvalue weighted by Crippen LogP contribution is 2.24. The van der Waals surface area contributed by atoms with Gasteiger partial charge in [0.15, 0.2) is 0 Å². The standard InChI is InChI=1S/C19H22N2O4/c1-13-8-9-15(20)10-16(13)17(11-18(22)24-2)21-19(23)25-12-14-6-4-3-5-7-14/h3-10,17H,11-12,20H2,1-2H3,(H,21,23). The number of nitrogens with one attached hydrogen (secondary N) is 1. The van der Waals surface area contributed by atoms with E-state index in [1.54, 1.807) is 12.1 Å². The summed E-state index contributed by atoms with van der Waals surface area (Å²) in [4.78, 5) is 23.9. The Bertz CT molecular complexity index is 731. The van der Waals surface area contributed by atoms with Gasteiger partial charge in [-0.25, -0.2) is 4.79 Å². The van der Waals surface area contributed by atoms with Gasteiger partial charge in [0, 0.05) is 5.69 Å². The molecule has 1 unspecified atom stereocenters. The average Bonchev–Trinajstić information content (AvgIpc) is 2.62. The van der Waals surface area contributed by atoms with E-state index in [1.165, 1.54) is 7.11 Å². The van der Waals surface area contributed by atoms with Crippen LogP contribution in [-0.2, 0) is 20.9 Å². The van der Waals surface area contributed by atoms with Gasteiger partial charge >= 0.3 is 12.1 Å². The molecule has 0 spiro atoms. The molecule has 1 amide bonds. The number of anilines is 1. The number of rotatable bonds is 6. The monoisotopic (exact) mass is 342 g/mol. The Morgan fingerprint density at radius 2 is 1.88 bits per heavy atom. The maximum atomic E-state index is 12.1. The highest BCUT2D eigenvalue weighted by Gasteiger charge is 2.21. The van der Waals surface area contributed by atoms with Crippen LogP contribution in [0.25, 0.3) is 0 Å². The normalized spacial score (nSPS) is 11.4. The highest BCUT2D eigenvalue weighted by molar-refractivity contribution is 5.73. The van der Waals surface area contributed by atoms with Crippen LogP contribution in [0.2, 0.25) is 0 Å². The van der Waals surface area contributed by atoms with Crippen molar-refractivity contribution in [3.8, 4) is 0 Å². The molecule has 0 radical (unpaired) electrons. The van der Waals surface area contributed by atoms with Crippen LogP contribution < -0.4 is 11.1 Å². The quantitative estimate of drug-likeness (QED) is 0.622. The van der Waals surface area contributed by atoms with E-state index in [0.717, 1.165) is 16.7 Å². The number of aryl methyl sites for hydroxylation is 1. The molecular weight excluding hydrogens is 320 g/mol. The van der Waals surface area contributed by atoms with E-state index in [9.17, 15) is 9.59 Å². The number of hydrogen-bond acceptors (Lipinski definition) is 5. The molecule has 0 aromatic heterocycles. The summed E-state index contributed by atoms with van der Waals surface area (Å²) in [7, 11) is 1.30. The lowest BCUT2D eigenvalue weighted by molar-refractivity contribution is -0.141. The zero-order chi connectivity index (χ0) is 18.2. The molecular formula is C19H22N2O4. The molecule has 1 atom stereocenters. The van der Waals surface area contributed by atoms with E-state index >= 15 is 0 Å². The zero-order valence-corrected chi connectivity index (χ0v) is 14.3. The van der Waals surface area contributed by atoms with Crippen LogP contribution in [0.15, 0.2) is 48.5 Å². The molecule has 0 saturated heterocycles. The molecule has 0 saturated carbocycles. The largest absolute Gasteiger partial charge is 0.469 e. The van der Waals surface area contributed by atoms with Gasteiger partial charge in [0.25, 0.3) is 0 Å². The van der Waals surface area contributed by atoms with Crippen molar-refractivity contribution in [3.63, 3.8) is 0 Å². The SMILES string of the molecule is COC(=O)CC(NC(=O)OCc1ccccc1)c1cc(N)ccc1C. The smallest absolute Gasteiger partial charge is 0.407 e. The molecule has 6 heteroatoms. The summed E-state index contributed by atoms with van der Waals surface area (Å²) in [5.41, 5.74) is 8.92. The number of esters is 1. The molecule has 0 heterocycles. The Morgan fingerprint density at radius 1 is 1.16 bits per heavy atom. The lowest BCUT2D eigenvalue weighted by Crippen LogP contribution is -2.31. The number of hydrogen-bond donors (Lipinski definition) is 2. The van der Waals surface area contributed by atoms with E-state index in [2.05, 4.69) is 5.32 Å². The van der Waals surface area contributed by atoms with Gasteiger partial charge in [-0.2, -0.15) is 0 Å². The maximum absolute atomic E-state index is 12.1. The molecule has 2 aromatic carbocycles. The van der Waals surface area contributed by atoms with Crippen LogP contribution in [0.4, 0.5) is 10.5 Å². The third-order valence-corrected chi connectivity index (χ3v) is 3.78. The Hall–Kier alpha value is -3.02. The number of alkyl carbamates (subject to hydrolysis) is 1. The van der Waals surface area contributed by atoms with E-state index in [1.807, 2.05) is 43.3 Å². The van der Waals surface area contributed by atoms with Crippen molar-refractivity contribution in [2.24, 2.45) is 0 Å². The molecule has 2 rings (SSSR count). The Morgan fingerprint density at radius 3 is 2.56 bits per heavy atom. The molecule has 0 bridgehead atoms. The minimum Gasteiger partial charge on any atom is -0.469 e. The molecule has 0 aliphatic rings. The number of nitrogens with two attached hydrogens (primary N) is 1. The van der Waals surface area contributed by atoms with Crippen LogP contribution in [0, 0.1) is 6.92 Å². The first-order valence-electron chi connectivity index (χ1n) is 7.89. The van der Waals surface area contributed by atoms with Gasteiger partial charge in [-0.3, -0.25) is 4.79 Å². The molecule has 132 valence electrons. The van der Waals surface area contributed by atoms with Gasteiger partial charge < -0.3 is 20.5 Å². The third kappa shape index (κ3) is 5.53. The van der Waals surface area contributed by atoms with Crippen LogP contribution in [-0.4, -0.2) is 19.2 Å². The van der Waals surface area contributed by atoms with E-state index in [-0.39, 0.29) is 13.0 Å². The van der Waals surface area contributed by atoms with Crippen LogP contribution in [0.5, 0.6) is 0 Å². The number of methoxy groups -OCH3 is 1. The van der Waals surface area contributed by atoms with Gasteiger partial charge in [-0.05, 0) is 35.7 Å². The first-order valence-corrected chi connectivity index (χ1v) is 7.89. The van der Waals surface area contributed by atoms with Crippen LogP contribution in [0.3, 0.4) is 0 Å². The minimum absolute atomic E-state index is 0.0127. The van der Waals surface area contributed by atoms with Gasteiger partial charge in [-0.1, -0.05) is 36.4 Å². The predicted molar refractivity (Wildman–Crippen MR) is 94.7 cm³/mol. The van der Waals surface area contributed by atoms with Crippen molar-refractivity contribution < 1.29 is 19.1 Å². The highest BCUT2D eigenvalue weighted by atomic mass is 16.5. The number of nitrogen functional groups attached to an aromatic ring is 1. The predicted octanol–water partition coefficient (Wildman–Crippen LogP) is 3.11. The van der Waals surface area contributed by atoms with E-state index in [4.69, 9.17) is 15.2 Å². The number of ether oxygens (including phenoxy) is 2. The summed E-state index contributed by atoms with van der Waals surface area (Å²) in [5, 5.41) is 2.72. The lowest BCUT2D eigenvalue weighted by Gasteiger charge is -2.20. The van der Waals surface area contributed by atoms with E-state index in [0.29, 0.717) is 5.69 Å². The summed E-state index contributed by atoms with van der Waals surface area (Å²) < 4.78 is 9.95. The summed E-state index contributed by atoms with van der Waals surface area (Å²) in [6.45, 7) is 2.03. The van der Waals surface area contributed by atoms with Gasteiger partial charge in [0.2, 0.25) is 0 Å². The fraction of sp³-hybridized carbons (Fsp3) is 0.263. The fourth-order valence-corrected chi connectivity index (χ4v) is 2.43. The maximum Gasteiger partial charge on any atom is 0.407 e. The summed E-state index contributed by atoms with van der Waals surface area (Å²) in [5.74, 6) is -0.435. The Kier molecular flexibility index (Phi) is 6.39. The van der Waals surface area contributed by atoms with Gasteiger partial charge in [0.1, 0.15) is 6.61 Å². The summed E-state index contributed by atoms with van der Waals surface area (Å²) >= 11 is 0. The second kappa shape index (κ2) is 8.73. The topological polar surface area (TPSA) is 90.6 Å². The lowest BCUT2D eigenvalue weighted by atomic mass is 9.98. The second-order valence-corrected chi connectivity index (χ2v) is 5.65. The molecule has 0 fully saturated rings. The Labute approximate surface area is 146 Å². The first-order chi connectivity index (χ1) is 12.0. The number of benzene rings is 2. The van der Waals surface area contributed by atoms with Crippen molar-refractivity contribution in [1.82, 2.24) is 5.32 Å². The summed E-state index contributed by atoms with van der Waals surface area (Å²) in [6, 6.07) is 14.1. The van der Waals surface area contributed by atoms with Crippen LogP contribution >= 0.6 is 0 Å². The van der Waals surface area contributed by atoms with Crippen molar-refractivity contribution in [3.05, 3.63) is 65.2 Å². The first kappa shape index (κ1) is 18.3. The minimum atomic E-state index is -0.611. The third-order valence-electron chi connectivity index (χ3n) is 3.78. The average molecular weight is 342 g/mol. The number of amides is 1. The zero-order valence-electron chi connectivity index (χ0n) is 14.3. The van der Waals surface area contributed by atoms with Gasteiger partial charge in [-0.15, -0.1) is 0 Å². The fourth-order valence-electron chi connectivity index (χ4n) is 2.43.